The minimum atomic E-state index is -4.72. The van der Waals surface area contributed by atoms with Crippen molar-refractivity contribution in [2.24, 2.45) is 0 Å². The molecule has 2 aromatic rings. The number of aryl methyl sites for hydroxylation is 1. The first-order chi connectivity index (χ1) is 21.6. The van der Waals surface area contributed by atoms with E-state index in [1.165, 1.54) is 55.9 Å². The molecule has 0 spiro atoms. The molecule has 0 aliphatic heterocycles. The van der Waals surface area contributed by atoms with Crippen LogP contribution < -0.4 is 0 Å². The number of carbonyl (C=O) groups excluding carboxylic acids is 1. The van der Waals surface area contributed by atoms with E-state index in [-0.39, 0.29) is 30.4 Å². The zero-order chi connectivity index (χ0) is 32.7. The minimum Gasteiger partial charge on any atom is -0.480 e. The maximum Gasteiger partial charge on any atom is 0.425 e. The number of alkyl halides is 3. The molecule has 0 saturated carbocycles. The summed E-state index contributed by atoms with van der Waals surface area (Å²) in [6, 6.07) is 14.2. The number of carboxylic acids is 1. The fourth-order valence-electron chi connectivity index (χ4n) is 5.94. The van der Waals surface area contributed by atoms with Gasteiger partial charge >= 0.3 is 18.1 Å². The molecule has 0 fully saturated rings. The Morgan fingerprint density at radius 2 is 1.44 bits per heavy atom. The summed E-state index contributed by atoms with van der Waals surface area (Å²) in [4.78, 5) is 25.9. The third kappa shape index (κ3) is 10.6. The summed E-state index contributed by atoms with van der Waals surface area (Å²) in [6.45, 7) is 4.28. The maximum atomic E-state index is 13.8. The summed E-state index contributed by atoms with van der Waals surface area (Å²) in [5.74, 6) is -2.35. The molecule has 0 heterocycles. The number of allylic oxidation sites excluding steroid dienone is 3. The predicted octanol–water partition coefficient (Wildman–Crippen LogP) is 10.8. The van der Waals surface area contributed by atoms with Gasteiger partial charge in [0.25, 0.3) is 0 Å². The van der Waals surface area contributed by atoms with E-state index in [0.717, 1.165) is 49.7 Å². The number of hydrogen-bond donors (Lipinski definition) is 1. The number of benzene rings is 2. The second kappa shape index (κ2) is 18.0. The van der Waals surface area contributed by atoms with Crippen molar-refractivity contribution in [3.63, 3.8) is 0 Å². The second-order valence-corrected chi connectivity index (χ2v) is 12.2. The van der Waals surface area contributed by atoms with Crippen LogP contribution in [-0.2, 0) is 21.4 Å². The SMILES string of the molecule is CCCCCCCCc1ccc(C2=CCC(C(=O)O)(c3ccccc3C(=O)OC(CCCCCCCC)C(F)(F)F)C=C2)cc1. The van der Waals surface area contributed by atoms with Crippen molar-refractivity contribution < 1.29 is 32.6 Å². The third-order valence-electron chi connectivity index (χ3n) is 8.74. The van der Waals surface area contributed by atoms with Crippen LogP contribution in [0.15, 0.2) is 66.8 Å². The van der Waals surface area contributed by atoms with Crippen LogP contribution in [-0.4, -0.2) is 29.3 Å². The maximum absolute atomic E-state index is 13.8. The highest BCUT2D eigenvalue weighted by Crippen LogP contribution is 2.39. The van der Waals surface area contributed by atoms with Crippen LogP contribution in [0.3, 0.4) is 0 Å². The van der Waals surface area contributed by atoms with Crippen molar-refractivity contribution >= 4 is 17.5 Å². The van der Waals surface area contributed by atoms with E-state index >= 15 is 0 Å². The van der Waals surface area contributed by atoms with Gasteiger partial charge in [-0.15, -0.1) is 0 Å². The molecule has 2 aromatic carbocycles. The molecule has 45 heavy (non-hydrogen) atoms. The predicted molar refractivity (Wildman–Crippen MR) is 174 cm³/mol. The van der Waals surface area contributed by atoms with Crippen LogP contribution in [0.2, 0.25) is 0 Å². The molecule has 1 aliphatic rings. The van der Waals surface area contributed by atoms with Crippen LogP contribution in [0.5, 0.6) is 0 Å². The Morgan fingerprint density at radius 1 is 0.844 bits per heavy atom. The van der Waals surface area contributed by atoms with E-state index in [2.05, 4.69) is 26.0 Å². The lowest BCUT2D eigenvalue weighted by Crippen LogP contribution is -2.38. The van der Waals surface area contributed by atoms with E-state index in [1.807, 2.05) is 18.2 Å². The highest BCUT2D eigenvalue weighted by Gasteiger charge is 2.45. The summed E-state index contributed by atoms with van der Waals surface area (Å²) >= 11 is 0. The summed E-state index contributed by atoms with van der Waals surface area (Å²) < 4.78 is 46.6. The molecule has 0 radical (unpaired) electrons. The normalized spacial score (nSPS) is 17.1. The van der Waals surface area contributed by atoms with Gasteiger partial charge < -0.3 is 9.84 Å². The number of aliphatic carboxylic acids is 1. The molecule has 0 bridgehead atoms. The van der Waals surface area contributed by atoms with Crippen LogP contribution in [0.4, 0.5) is 13.2 Å². The third-order valence-corrected chi connectivity index (χ3v) is 8.74. The Balaban J connectivity index is 1.71. The molecule has 1 aliphatic carbocycles. The molecule has 0 saturated heterocycles. The van der Waals surface area contributed by atoms with Gasteiger partial charge in [-0.2, -0.15) is 13.2 Å². The first-order valence-corrected chi connectivity index (χ1v) is 16.7. The van der Waals surface area contributed by atoms with Crippen LogP contribution in [0.1, 0.15) is 131 Å². The number of rotatable bonds is 19. The van der Waals surface area contributed by atoms with Crippen LogP contribution >= 0.6 is 0 Å². The van der Waals surface area contributed by atoms with Crippen molar-refractivity contribution in [1.82, 2.24) is 0 Å². The summed E-state index contributed by atoms with van der Waals surface area (Å²) in [6.07, 6.45) is 11.1. The average Bonchev–Trinajstić information content (AvgIpc) is 3.03. The smallest absolute Gasteiger partial charge is 0.425 e. The van der Waals surface area contributed by atoms with Crippen molar-refractivity contribution in [2.45, 2.75) is 128 Å². The lowest BCUT2D eigenvalue weighted by molar-refractivity contribution is -0.206. The summed E-state index contributed by atoms with van der Waals surface area (Å²) in [5.41, 5.74) is 1.39. The molecule has 246 valence electrons. The molecule has 7 heteroatoms. The highest BCUT2D eigenvalue weighted by atomic mass is 19.4. The van der Waals surface area contributed by atoms with E-state index in [0.29, 0.717) is 6.42 Å². The lowest BCUT2D eigenvalue weighted by atomic mass is 9.72. The van der Waals surface area contributed by atoms with Crippen molar-refractivity contribution in [3.8, 4) is 0 Å². The minimum absolute atomic E-state index is 0.0401. The van der Waals surface area contributed by atoms with Crippen LogP contribution in [0.25, 0.3) is 5.57 Å². The molecular formula is C38H49F3O4. The molecular weight excluding hydrogens is 577 g/mol. The van der Waals surface area contributed by atoms with Gasteiger partial charge in [0.1, 0.15) is 5.41 Å². The Hall–Kier alpha value is -3.35. The Bertz CT molecular complexity index is 1280. The van der Waals surface area contributed by atoms with Crippen molar-refractivity contribution in [1.29, 1.82) is 0 Å². The van der Waals surface area contributed by atoms with E-state index in [9.17, 15) is 27.9 Å². The Morgan fingerprint density at radius 3 is 2.02 bits per heavy atom. The zero-order valence-corrected chi connectivity index (χ0v) is 26.8. The molecule has 1 N–H and O–H groups in total. The number of halogens is 3. The monoisotopic (exact) mass is 626 g/mol. The van der Waals surface area contributed by atoms with Gasteiger partial charge in [-0.1, -0.05) is 139 Å². The van der Waals surface area contributed by atoms with E-state index in [1.54, 1.807) is 18.2 Å². The molecule has 2 atom stereocenters. The zero-order valence-electron chi connectivity index (χ0n) is 26.8. The van der Waals surface area contributed by atoms with Gasteiger partial charge in [-0.05, 0) is 60.4 Å². The number of hydrogen-bond acceptors (Lipinski definition) is 3. The van der Waals surface area contributed by atoms with Crippen LogP contribution in [0, 0.1) is 0 Å². The average molecular weight is 627 g/mol. The van der Waals surface area contributed by atoms with Gasteiger partial charge in [-0.3, -0.25) is 4.79 Å². The first kappa shape index (κ1) is 36.1. The standard InChI is InChI=1S/C38H49F3O4/c1-3-5-7-9-11-13-17-29-21-23-30(24-22-29)31-25-27-37(28-26-31,36(43)44)33-19-16-15-18-32(33)35(42)45-34(38(39,40)41)20-14-12-10-8-6-4-2/h15-16,18-19,21-27,34H,3-14,17,20,28H2,1-2H3,(H,43,44). The fourth-order valence-corrected chi connectivity index (χ4v) is 5.94. The number of ether oxygens (including phenoxy) is 1. The van der Waals surface area contributed by atoms with E-state index < -0.39 is 29.6 Å². The summed E-state index contributed by atoms with van der Waals surface area (Å²) in [5, 5.41) is 10.4. The van der Waals surface area contributed by atoms with Gasteiger partial charge in [0.2, 0.25) is 0 Å². The molecule has 0 amide bonds. The number of carbonyl (C=O) groups is 2. The number of carboxylic acid groups (broad SMARTS) is 1. The van der Waals surface area contributed by atoms with Crippen molar-refractivity contribution in [3.05, 3.63) is 89.0 Å². The number of esters is 1. The summed E-state index contributed by atoms with van der Waals surface area (Å²) in [7, 11) is 0. The molecule has 4 nitrogen and oxygen atoms in total. The van der Waals surface area contributed by atoms with Gasteiger partial charge in [0, 0.05) is 0 Å². The van der Waals surface area contributed by atoms with Gasteiger partial charge in [0.15, 0.2) is 6.10 Å². The second-order valence-electron chi connectivity index (χ2n) is 12.2. The quantitative estimate of drug-likeness (QED) is 0.124. The Labute approximate surface area is 266 Å². The fraction of sp³-hybridized carbons (Fsp3) is 0.526. The largest absolute Gasteiger partial charge is 0.480 e. The molecule has 2 unspecified atom stereocenters. The van der Waals surface area contributed by atoms with E-state index in [4.69, 9.17) is 4.74 Å². The highest BCUT2D eigenvalue weighted by molar-refractivity contribution is 5.97. The Kier molecular flexibility index (Phi) is 14.4. The molecule has 3 rings (SSSR count). The molecule has 0 aromatic heterocycles. The van der Waals surface area contributed by atoms with Crippen molar-refractivity contribution in [2.75, 3.05) is 0 Å². The lowest BCUT2D eigenvalue weighted by Gasteiger charge is -2.30. The van der Waals surface area contributed by atoms with Gasteiger partial charge in [0.05, 0.1) is 5.56 Å². The topological polar surface area (TPSA) is 63.6 Å². The van der Waals surface area contributed by atoms with Gasteiger partial charge in [-0.25, -0.2) is 4.79 Å². The number of unbranched alkanes of at least 4 members (excludes halogenated alkanes) is 10. The first-order valence-electron chi connectivity index (χ1n) is 16.7.